The summed E-state index contributed by atoms with van der Waals surface area (Å²) in [6.07, 6.45) is 1.99. The number of hydrogen-bond donors (Lipinski definition) is 1. The van der Waals surface area contributed by atoms with Gasteiger partial charge in [0.1, 0.15) is 12.8 Å². The van der Waals surface area contributed by atoms with Crippen LogP contribution in [0.2, 0.25) is 0 Å². The van der Waals surface area contributed by atoms with Gasteiger partial charge in [-0.05, 0) is 37.0 Å². The first-order valence-corrected chi connectivity index (χ1v) is 10.6. The van der Waals surface area contributed by atoms with Crippen LogP contribution in [0.15, 0.2) is 72.2 Å². The number of nitrogens with zero attached hydrogens (tertiary/aromatic N) is 3. The average Bonchev–Trinajstić information content (AvgIpc) is 3.18. The van der Waals surface area contributed by atoms with Crippen LogP contribution in [-0.4, -0.2) is 52.4 Å². The Bertz CT molecular complexity index is 1040. The van der Waals surface area contributed by atoms with Crippen molar-refractivity contribution in [1.82, 2.24) is 14.7 Å². The number of hydrogen-bond acceptors (Lipinski definition) is 5. The number of nitrogens with two attached hydrogens (primary N) is 1. The summed E-state index contributed by atoms with van der Waals surface area (Å²) in [5.74, 6) is -0.774. The van der Waals surface area contributed by atoms with Crippen molar-refractivity contribution >= 4 is 17.9 Å². The number of fused-ring (bicyclic) bond motifs is 1. The third kappa shape index (κ3) is 4.03. The largest absolute Gasteiger partial charge is 0.456 e. The molecule has 2 aromatic carbocycles. The van der Waals surface area contributed by atoms with Crippen LogP contribution in [0, 0.1) is 0 Å². The summed E-state index contributed by atoms with van der Waals surface area (Å²) in [6.45, 7) is 0.656. The summed E-state index contributed by atoms with van der Waals surface area (Å²) in [5, 5.41) is 0. The van der Waals surface area contributed by atoms with Crippen molar-refractivity contribution < 1.29 is 19.1 Å². The van der Waals surface area contributed by atoms with Crippen molar-refractivity contribution in [2.45, 2.75) is 32.0 Å². The number of urea groups is 1. The summed E-state index contributed by atoms with van der Waals surface area (Å²) in [5.41, 5.74) is 7.21. The lowest BCUT2D eigenvalue weighted by molar-refractivity contribution is -0.142. The fraction of sp³-hybridized carbons (Fsp3) is 0.292. The predicted octanol–water partition coefficient (Wildman–Crippen LogP) is 2.88. The molecule has 4 rings (SSSR count). The highest BCUT2D eigenvalue weighted by Gasteiger charge is 2.47. The Balaban J connectivity index is 1.72. The van der Waals surface area contributed by atoms with E-state index in [1.54, 1.807) is 31.3 Å². The summed E-state index contributed by atoms with van der Waals surface area (Å²) >= 11 is 0. The zero-order chi connectivity index (χ0) is 22.7. The van der Waals surface area contributed by atoms with E-state index in [1.165, 1.54) is 9.80 Å². The average molecular weight is 434 g/mol. The molecule has 0 spiro atoms. The van der Waals surface area contributed by atoms with Gasteiger partial charge >= 0.3 is 12.0 Å². The van der Waals surface area contributed by atoms with E-state index < -0.39 is 18.2 Å². The first kappa shape index (κ1) is 21.4. The zero-order valence-electron chi connectivity index (χ0n) is 17.9. The molecule has 0 bridgehead atoms. The van der Waals surface area contributed by atoms with Crippen LogP contribution in [0.4, 0.5) is 4.79 Å². The molecular formula is C24H26N4O4. The van der Waals surface area contributed by atoms with E-state index in [9.17, 15) is 14.4 Å². The van der Waals surface area contributed by atoms with Crippen LogP contribution >= 0.6 is 0 Å². The molecule has 2 N–H and O–H groups in total. The maximum Gasteiger partial charge on any atom is 0.358 e. The van der Waals surface area contributed by atoms with Crippen LogP contribution in [-0.2, 0) is 16.1 Å². The predicted molar refractivity (Wildman–Crippen MR) is 118 cm³/mol. The van der Waals surface area contributed by atoms with Gasteiger partial charge in [0.15, 0.2) is 11.5 Å². The molecule has 0 aliphatic carbocycles. The first-order chi connectivity index (χ1) is 15.5. The highest BCUT2D eigenvalue weighted by atomic mass is 16.5. The lowest BCUT2D eigenvalue weighted by Gasteiger charge is -2.36. The molecule has 3 amide bonds. The minimum absolute atomic E-state index is 0.0852. The van der Waals surface area contributed by atoms with Gasteiger partial charge in [0.05, 0.1) is 0 Å². The monoisotopic (exact) mass is 434 g/mol. The van der Waals surface area contributed by atoms with Gasteiger partial charge in [0.25, 0.3) is 5.91 Å². The molecule has 8 heteroatoms. The van der Waals surface area contributed by atoms with Gasteiger partial charge in [0.2, 0.25) is 0 Å². The Morgan fingerprint density at radius 1 is 1.03 bits per heavy atom. The van der Waals surface area contributed by atoms with E-state index in [0.29, 0.717) is 18.5 Å². The Morgan fingerprint density at radius 2 is 1.69 bits per heavy atom. The molecule has 1 atom stereocenters. The topological polar surface area (TPSA) is 96.2 Å². The number of piperidine rings is 1. The molecule has 2 aromatic rings. The van der Waals surface area contributed by atoms with Crippen molar-refractivity contribution in [1.29, 1.82) is 0 Å². The minimum Gasteiger partial charge on any atom is -0.456 e. The Kier molecular flexibility index (Phi) is 6.11. The molecule has 0 saturated carbocycles. The first-order valence-electron chi connectivity index (χ1n) is 10.6. The smallest absolute Gasteiger partial charge is 0.358 e. The van der Waals surface area contributed by atoms with E-state index >= 15 is 0 Å². The van der Waals surface area contributed by atoms with Crippen LogP contribution in [0.5, 0.6) is 0 Å². The van der Waals surface area contributed by atoms with Crippen molar-refractivity contribution in [2.75, 3.05) is 13.6 Å². The second kappa shape index (κ2) is 9.13. The number of carbonyl (C=O) groups excluding carboxylic acids is 3. The quantitative estimate of drug-likeness (QED) is 0.730. The minimum atomic E-state index is -0.713. The number of ether oxygens (including phenoxy) is 1. The SMILES string of the molecule is CN(C(=O)c1ccccc1)C1=C(C(=O)OCc2ccccc2)N2CCCCC2N1C(N)=O. The normalized spacial score (nSPS) is 17.7. The van der Waals surface area contributed by atoms with Gasteiger partial charge in [0, 0.05) is 19.2 Å². The number of carbonyl (C=O) groups is 3. The third-order valence-corrected chi connectivity index (χ3v) is 5.78. The van der Waals surface area contributed by atoms with Gasteiger partial charge in [-0.3, -0.25) is 14.6 Å². The Morgan fingerprint density at radius 3 is 2.34 bits per heavy atom. The molecule has 2 aliphatic heterocycles. The third-order valence-electron chi connectivity index (χ3n) is 5.78. The van der Waals surface area contributed by atoms with Crippen molar-refractivity contribution in [3.63, 3.8) is 0 Å². The number of benzene rings is 2. The number of primary amides is 1. The maximum atomic E-state index is 13.3. The van der Waals surface area contributed by atoms with E-state index in [1.807, 2.05) is 41.3 Å². The highest BCUT2D eigenvalue weighted by molar-refractivity contribution is 5.98. The van der Waals surface area contributed by atoms with Gasteiger partial charge in [-0.1, -0.05) is 48.5 Å². The van der Waals surface area contributed by atoms with Crippen LogP contribution in [0.25, 0.3) is 0 Å². The molecule has 0 aromatic heterocycles. The summed E-state index contributed by atoms with van der Waals surface area (Å²) in [4.78, 5) is 43.4. The highest BCUT2D eigenvalue weighted by Crippen LogP contribution is 2.37. The van der Waals surface area contributed by atoms with E-state index in [4.69, 9.17) is 10.5 Å². The molecule has 1 fully saturated rings. The molecule has 8 nitrogen and oxygen atoms in total. The lowest BCUT2D eigenvalue weighted by Crippen LogP contribution is -2.50. The van der Waals surface area contributed by atoms with Crippen molar-refractivity contribution in [3.05, 3.63) is 83.3 Å². The van der Waals surface area contributed by atoms with Crippen LogP contribution < -0.4 is 5.73 Å². The van der Waals surface area contributed by atoms with Crippen molar-refractivity contribution in [2.24, 2.45) is 5.73 Å². The van der Waals surface area contributed by atoms with Crippen molar-refractivity contribution in [3.8, 4) is 0 Å². The summed E-state index contributed by atoms with van der Waals surface area (Å²) in [7, 11) is 1.55. The van der Waals surface area contributed by atoms with Gasteiger partial charge in [-0.15, -0.1) is 0 Å². The molecule has 2 heterocycles. The molecule has 1 unspecified atom stereocenters. The van der Waals surface area contributed by atoms with Crippen LogP contribution in [0.3, 0.4) is 0 Å². The summed E-state index contributed by atoms with van der Waals surface area (Å²) in [6, 6.07) is 17.3. The summed E-state index contributed by atoms with van der Waals surface area (Å²) < 4.78 is 5.60. The number of amides is 3. The molecule has 166 valence electrons. The second-order valence-corrected chi connectivity index (χ2v) is 7.84. The molecule has 0 radical (unpaired) electrons. The molecule has 1 saturated heterocycles. The standard InChI is InChI=1S/C24H26N4O4/c1-26(22(29)18-12-6-3-7-13-18)21-20(23(30)32-16-17-10-4-2-5-11-17)27-15-9-8-14-19(27)28(21)24(25)31/h2-7,10-13,19H,8-9,14-16H2,1H3,(H2,25,31). The number of rotatable bonds is 5. The Hall–Kier alpha value is -3.81. The lowest BCUT2D eigenvalue weighted by atomic mass is 10.1. The van der Waals surface area contributed by atoms with E-state index in [0.717, 1.165) is 18.4 Å². The maximum absolute atomic E-state index is 13.3. The number of esters is 1. The second-order valence-electron chi connectivity index (χ2n) is 7.84. The van der Waals surface area contributed by atoms with Gasteiger partial charge in [-0.2, -0.15) is 0 Å². The molecule has 32 heavy (non-hydrogen) atoms. The molecular weight excluding hydrogens is 408 g/mol. The van der Waals surface area contributed by atoms with Crippen LogP contribution in [0.1, 0.15) is 35.2 Å². The zero-order valence-corrected chi connectivity index (χ0v) is 17.9. The van der Waals surface area contributed by atoms with Gasteiger partial charge < -0.3 is 15.4 Å². The molecule has 2 aliphatic rings. The van der Waals surface area contributed by atoms with E-state index in [2.05, 4.69) is 0 Å². The fourth-order valence-electron chi connectivity index (χ4n) is 4.27. The van der Waals surface area contributed by atoms with Gasteiger partial charge in [-0.25, -0.2) is 9.59 Å². The fourth-order valence-corrected chi connectivity index (χ4v) is 4.27. The van der Waals surface area contributed by atoms with E-state index in [-0.39, 0.29) is 24.0 Å². The Labute approximate surface area is 186 Å².